The molecule has 0 radical (unpaired) electrons. The maximum atomic E-state index is 13.5. The van der Waals surface area contributed by atoms with Crippen LogP contribution in [0.1, 0.15) is 11.5 Å². The van der Waals surface area contributed by atoms with Crippen LogP contribution in [0.15, 0.2) is 40.8 Å². The van der Waals surface area contributed by atoms with Gasteiger partial charge in [-0.1, -0.05) is 12.1 Å². The number of halogens is 1. The maximum Gasteiger partial charge on any atom is 0.146 e. The lowest BCUT2D eigenvalue weighted by atomic mass is 10.2. The van der Waals surface area contributed by atoms with Crippen molar-refractivity contribution >= 4 is 5.69 Å². The van der Waals surface area contributed by atoms with Gasteiger partial charge in [0.1, 0.15) is 23.9 Å². The zero-order valence-corrected chi connectivity index (χ0v) is 9.56. The van der Waals surface area contributed by atoms with Gasteiger partial charge in [0.15, 0.2) is 0 Å². The summed E-state index contributed by atoms with van der Waals surface area (Å²) in [6.45, 7) is 0.338. The van der Waals surface area contributed by atoms with Crippen molar-refractivity contribution in [3.8, 4) is 0 Å². The largest absolute Gasteiger partial charge is 0.462 e. The first-order valence-corrected chi connectivity index (χ1v) is 5.35. The van der Waals surface area contributed by atoms with E-state index in [1.165, 1.54) is 6.07 Å². The predicted molar refractivity (Wildman–Crippen MR) is 63.1 cm³/mol. The van der Waals surface area contributed by atoms with Crippen molar-refractivity contribution in [3.63, 3.8) is 0 Å². The SMILES string of the molecule is CN(Cc1ccc(CO)o1)c1ccccc1F. The fraction of sp³-hybridized carbons (Fsp3) is 0.231. The Morgan fingerprint density at radius 2 is 1.88 bits per heavy atom. The van der Waals surface area contributed by atoms with E-state index in [9.17, 15) is 4.39 Å². The summed E-state index contributed by atoms with van der Waals surface area (Å²) in [5.74, 6) is 0.950. The van der Waals surface area contributed by atoms with Crippen molar-refractivity contribution in [1.29, 1.82) is 0 Å². The van der Waals surface area contributed by atoms with Crippen molar-refractivity contribution in [3.05, 3.63) is 53.7 Å². The van der Waals surface area contributed by atoms with Gasteiger partial charge in [0.25, 0.3) is 0 Å². The molecule has 90 valence electrons. The van der Waals surface area contributed by atoms with Crippen molar-refractivity contribution in [2.45, 2.75) is 13.2 Å². The highest BCUT2D eigenvalue weighted by molar-refractivity contribution is 5.46. The molecular formula is C13H14FNO2. The molecular weight excluding hydrogens is 221 g/mol. The molecule has 1 heterocycles. The molecule has 0 atom stereocenters. The lowest BCUT2D eigenvalue weighted by molar-refractivity contribution is 0.243. The quantitative estimate of drug-likeness (QED) is 0.884. The normalized spacial score (nSPS) is 10.5. The molecule has 0 unspecified atom stereocenters. The van der Waals surface area contributed by atoms with E-state index >= 15 is 0 Å². The fourth-order valence-corrected chi connectivity index (χ4v) is 1.67. The number of benzene rings is 1. The maximum absolute atomic E-state index is 13.5. The minimum absolute atomic E-state index is 0.122. The third kappa shape index (κ3) is 2.65. The van der Waals surface area contributed by atoms with Gasteiger partial charge in [-0.15, -0.1) is 0 Å². The van der Waals surface area contributed by atoms with E-state index in [0.717, 1.165) is 0 Å². The van der Waals surface area contributed by atoms with E-state index in [-0.39, 0.29) is 12.4 Å². The highest BCUT2D eigenvalue weighted by Crippen LogP contribution is 2.20. The van der Waals surface area contributed by atoms with Crippen LogP contribution in [0.3, 0.4) is 0 Å². The minimum atomic E-state index is -0.260. The van der Waals surface area contributed by atoms with Crippen molar-refractivity contribution in [1.82, 2.24) is 0 Å². The van der Waals surface area contributed by atoms with Gasteiger partial charge in [-0.3, -0.25) is 0 Å². The number of aliphatic hydroxyl groups is 1. The molecule has 0 aliphatic rings. The third-order valence-corrected chi connectivity index (χ3v) is 2.53. The molecule has 1 N–H and O–H groups in total. The van der Waals surface area contributed by atoms with Gasteiger partial charge in [0.05, 0.1) is 12.2 Å². The fourth-order valence-electron chi connectivity index (χ4n) is 1.67. The summed E-state index contributed by atoms with van der Waals surface area (Å²) in [6.07, 6.45) is 0. The molecule has 0 saturated carbocycles. The molecule has 1 aromatic carbocycles. The Hall–Kier alpha value is -1.81. The number of nitrogens with zero attached hydrogens (tertiary/aromatic N) is 1. The monoisotopic (exact) mass is 235 g/mol. The molecule has 0 fully saturated rings. The zero-order valence-electron chi connectivity index (χ0n) is 9.56. The summed E-state index contributed by atoms with van der Waals surface area (Å²) in [5.41, 5.74) is 0.523. The average Bonchev–Trinajstić information content (AvgIpc) is 2.77. The first kappa shape index (κ1) is 11.7. The lowest BCUT2D eigenvalue weighted by Crippen LogP contribution is -2.17. The number of furan rings is 1. The smallest absolute Gasteiger partial charge is 0.146 e. The van der Waals surface area contributed by atoms with E-state index in [0.29, 0.717) is 23.8 Å². The van der Waals surface area contributed by atoms with Crippen LogP contribution in [0.2, 0.25) is 0 Å². The van der Waals surface area contributed by atoms with Gasteiger partial charge in [-0.2, -0.15) is 0 Å². The summed E-state index contributed by atoms with van der Waals surface area (Å²) >= 11 is 0. The standard InChI is InChI=1S/C13H14FNO2/c1-15(13-5-3-2-4-12(13)14)8-10-6-7-11(9-16)17-10/h2-7,16H,8-9H2,1H3. The molecule has 0 spiro atoms. The molecule has 0 amide bonds. The van der Waals surface area contributed by atoms with Crippen LogP contribution in [-0.2, 0) is 13.2 Å². The first-order valence-electron chi connectivity index (χ1n) is 5.35. The second-order valence-corrected chi connectivity index (χ2v) is 3.83. The molecule has 17 heavy (non-hydrogen) atoms. The topological polar surface area (TPSA) is 36.6 Å². The highest BCUT2D eigenvalue weighted by Gasteiger charge is 2.09. The van der Waals surface area contributed by atoms with Crippen LogP contribution in [0, 0.1) is 5.82 Å². The molecule has 2 rings (SSSR count). The molecule has 0 bridgehead atoms. The summed E-state index contributed by atoms with van der Waals surface area (Å²) in [6, 6.07) is 10.1. The first-order chi connectivity index (χ1) is 8.20. The second kappa shape index (κ2) is 5.01. The number of para-hydroxylation sites is 1. The van der Waals surface area contributed by atoms with Crippen LogP contribution < -0.4 is 4.90 Å². The highest BCUT2D eigenvalue weighted by atomic mass is 19.1. The Kier molecular flexibility index (Phi) is 3.44. The van der Waals surface area contributed by atoms with Crippen LogP contribution >= 0.6 is 0 Å². The van der Waals surface area contributed by atoms with Gasteiger partial charge in [0, 0.05) is 7.05 Å². The van der Waals surface area contributed by atoms with E-state index in [1.54, 1.807) is 42.3 Å². The van der Waals surface area contributed by atoms with E-state index in [1.807, 2.05) is 0 Å². The summed E-state index contributed by atoms with van der Waals surface area (Å²) in [5, 5.41) is 8.88. The van der Waals surface area contributed by atoms with Gasteiger partial charge in [-0.25, -0.2) is 4.39 Å². The lowest BCUT2D eigenvalue weighted by Gasteiger charge is -2.18. The average molecular weight is 235 g/mol. The Balaban J connectivity index is 2.11. The number of hydrogen-bond donors (Lipinski definition) is 1. The molecule has 2 aromatic rings. The Labute approximate surface area is 99.1 Å². The molecule has 0 aliphatic heterocycles. The summed E-state index contributed by atoms with van der Waals surface area (Å²) in [4.78, 5) is 1.76. The number of hydrogen-bond acceptors (Lipinski definition) is 3. The van der Waals surface area contributed by atoms with Crippen molar-refractivity contribution < 1.29 is 13.9 Å². The van der Waals surface area contributed by atoms with E-state index < -0.39 is 0 Å². The molecule has 1 aromatic heterocycles. The van der Waals surface area contributed by atoms with Crippen molar-refractivity contribution in [2.24, 2.45) is 0 Å². The molecule has 0 saturated heterocycles. The van der Waals surface area contributed by atoms with Gasteiger partial charge >= 0.3 is 0 Å². The Bertz CT molecular complexity index is 496. The zero-order chi connectivity index (χ0) is 12.3. The van der Waals surface area contributed by atoms with E-state index in [4.69, 9.17) is 9.52 Å². The molecule has 4 heteroatoms. The van der Waals surface area contributed by atoms with E-state index in [2.05, 4.69) is 0 Å². The minimum Gasteiger partial charge on any atom is -0.462 e. The van der Waals surface area contributed by atoms with Crippen LogP contribution in [0.5, 0.6) is 0 Å². The van der Waals surface area contributed by atoms with Crippen LogP contribution in [-0.4, -0.2) is 12.2 Å². The van der Waals surface area contributed by atoms with Crippen LogP contribution in [0.25, 0.3) is 0 Å². The van der Waals surface area contributed by atoms with Gasteiger partial charge < -0.3 is 14.4 Å². The van der Waals surface area contributed by atoms with Crippen LogP contribution in [0.4, 0.5) is 10.1 Å². The number of anilines is 1. The molecule has 3 nitrogen and oxygen atoms in total. The number of rotatable bonds is 4. The Morgan fingerprint density at radius 1 is 1.18 bits per heavy atom. The Morgan fingerprint density at radius 3 is 2.53 bits per heavy atom. The summed E-state index contributed by atoms with van der Waals surface area (Å²) < 4.78 is 18.9. The molecule has 0 aliphatic carbocycles. The van der Waals surface area contributed by atoms with Gasteiger partial charge in [0.2, 0.25) is 0 Å². The van der Waals surface area contributed by atoms with Crippen molar-refractivity contribution in [2.75, 3.05) is 11.9 Å². The second-order valence-electron chi connectivity index (χ2n) is 3.83. The third-order valence-electron chi connectivity index (χ3n) is 2.53. The van der Waals surface area contributed by atoms with Gasteiger partial charge in [-0.05, 0) is 24.3 Å². The predicted octanol–water partition coefficient (Wildman–Crippen LogP) is 2.55. The number of aliphatic hydroxyl groups excluding tert-OH is 1. The summed E-state index contributed by atoms with van der Waals surface area (Å²) in [7, 11) is 1.79.